The molecule has 5 atom stereocenters. The van der Waals surface area contributed by atoms with Gasteiger partial charge < -0.3 is 24.7 Å². The van der Waals surface area contributed by atoms with Crippen molar-refractivity contribution in [3.63, 3.8) is 0 Å². The first kappa shape index (κ1) is 17.1. The van der Waals surface area contributed by atoms with E-state index >= 15 is 0 Å². The fraction of sp³-hybridized carbons (Fsp3) is 0.556. The zero-order chi connectivity index (χ0) is 18.6. The smallest absolute Gasteiger partial charge is 0.291 e. The topological polar surface area (TPSA) is 105 Å². The van der Waals surface area contributed by atoms with Crippen molar-refractivity contribution in [3.05, 3.63) is 45.5 Å². The number of hydrogen-bond donors (Lipinski definition) is 2. The van der Waals surface area contributed by atoms with Gasteiger partial charge in [0.1, 0.15) is 12.2 Å². The van der Waals surface area contributed by atoms with Gasteiger partial charge in [-0.3, -0.25) is 0 Å². The van der Waals surface area contributed by atoms with E-state index in [4.69, 9.17) is 24.8 Å². The minimum Gasteiger partial charge on any atom is -0.493 e. The molecule has 0 aromatic heterocycles. The molecule has 0 unspecified atom stereocenters. The van der Waals surface area contributed by atoms with E-state index in [0.717, 1.165) is 30.9 Å². The monoisotopic (exact) mass is 362 g/mol. The second kappa shape index (κ2) is 5.85. The Morgan fingerprint density at radius 1 is 1.42 bits per heavy atom. The van der Waals surface area contributed by atoms with Crippen molar-refractivity contribution in [3.8, 4) is 11.5 Å². The highest BCUT2D eigenvalue weighted by Crippen LogP contribution is 2.62. The molecule has 8 nitrogen and oxygen atoms in total. The van der Waals surface area contributed by atoms with Crippen LogP contribution in [0.25, 0.3) is 0 Å². The molecule has 2 aliphatic heterocycles. The lowest BCUT2D eigenvalue weighted by Gasteiger charge is -2.56. The van der Waals surface area contributed by atoms with E-state index in [9.17, 15) is 5.11 Å². The predicted molar refractivity (Wildman–Crippen MR) is 91.2 cm³/mol. The van der Waals surface area contributed by atoms with Gasteiger partial charge in [0, 0.05) is 22.9 Å². The highest BCUT2D eigenvalue weighted by Gasteiger charge is 2.64. The van der Waals surface area contributed by atoms with Gasteiger partial charge in [0.15, 0.2) is 11.5 Å². The van der Waals surface area contributed by atoms with E-state index in [-0.39, 0.29) is 11.5 Å². The van der Waals surface area contributed by atoms with Gasteiger partial charge in [-0.25, -0.2) is 0 Å². The molecule has 0 saturated carbocycles. The molecule has 2 bridgehead atoms. The number of rotatable bonds is 1. The molecular weight excluding hydrogens is 340 g/mol. The molecule has 4 aliphatic rings. The molecule has 2 N–H and O–H groups in total. The van der Waals surface area contributed by atoms with Crippen LogP contribution in [-0.4, -0.2) is 59.3 Å². The lowest BCUT2D eigenvalue weighted by Crippen LogP contribution is -2.64. The third kappa shape index (κ3) is 2.15. The molecule has 0 radical (unpaired) electrons. The van der Waals surface area contributed by atoms with Crippen LogP contribution >= 0.6 is 0 Å². The van der Waals surface area contributed by atoms with Gasteiger partial charge in [-0.15, -0.1) is 10.1 Å². The maximum absolute atomic E-state index is 10.6. The Labute approximate surface area is 150 Å². The number of ether oxygens (including phenoxy) is 2. The molecule has 0 amide bonds. The van der Waals surface area contributed by atoms with Crippen LogP contribution < -0.4 is 9.47 Å². The van der Waals surface area contributed by atoms with Gasteiger partial charge in [0.2, 0.25) is 0 Å². The molecule has 8 heteroatoms. The molecule has 1 aromatic carbocycles. The van der Waals surface area contributed by atoms with Crippen LogP contribution in [-0.2, 0) is 11.8 Å². The molecule has 1 spiro atoms. The second-order valence-corrected chi connectivity index (χ2v) is 7.35. The summed E-state index contributed by atoms with van der Waals surface area (Å²) < 4.78 is 11.8. The van der Waals surface area contributed by atoms with Crippen LogP contribution in [0.4, 0.5) is 0 Å². The summed E-state index contributed by atoms with van der Waals surface area (Å²) in [6.45, 7) is 1.05. The van der Waals surface area contributed by atoms with Crippen LogP contribution in [0, 0.1) is 16.0 Å². The standard InChI is InChI=1S/C18H21NO3.HNO3/c1-19-8-7-18-11-4-5-13(20)17(18)22-16-14(21-2)6-3-10(15(16)18)9-12(11)19;2-1(3)4/h3-6,11-13,17,20H,7-9H2,1-2H3;(H,2,3,4)/t11-,12+,13-,17-,18-;/m0./s1. The van der Waals surface area contributed by atoms with Gasteiger partial charge in [0.25, 0.3) is 5.09 Å². The summed E-state index contributed by atoms with van der Waals surface area (Å²) in [7, 11) is 3.91. The summed E-state index contributed by atoms with van der Waals surface area (Å²) in [5.74, 6) is 2.09. The van der Waals surface area contributed by atoms with Gasteiger partial charge >= 0.3 is 0 Å². The van der Waals surface area contributed by atoms with Crippen LogP contribution in [0.1, 0.15) is 17.5 Å². The van der Waals surface area contributed by atoms with Crippen molar-refractivity contribution >= 4 is 0 Å². The SMILES string of the molecule is COc1ccc2c3c1O[C@H]1[C@@H](O)C=C[C@H]4[C@@H](C2)N(C)CC[C@@]341.O=[N+]([O-])O. The molecule has 2 aliphatic carbocycles. The van der Waals surface area contributed by atoms with Gasteiger partial charge in [-0.2, -0.15) is 0 Å². The van der Waals surface area contributed by atoms with E-state index in [2.05, 4.69) is 24.1 Å². The normalized spacial score (nSPS) is 35.7. The Morgan fingerprint density at radius 2 is 2.15 bits per heavy atom. The Bertz CT molecular complexity index is 777. The predicted octanol–water partition coefficient (Wildman–Crippen LogP) is 1.15. The van der Waals surface area contributed by atoms with E-state index in [1.165, 1.54) is 11.1 Å². The summed E-state index contributed by atoms with van der Waals surface area (Å²) in [6.07, 6.45) is 5.54. The number of nitrogens with zero attached hydrogens (tertiary/aromatic N) is 2. The summed E-state index contributed by atoms with van der Waals surface area (Å²) in [5.41, 5.74) is 2.60. The summed E-state index contributed by atoms with van der Waals surface area (Å²) >= 11 is 0. The van der Waals surface area contributed by atoms with Crippen LogP contribution in [0.2, 0.25) is 0 Å². The van der Waals surface area contributed by atoms with Crippen molar-refractivity contribution in [1.29, 1.82) is 0 Å². The average molecular weight is 362 g/mol. The molecule has 5 rings (SSSR count). The molecule has 140 valence electrons. The summed E-state index contributed by atoms with van der Waals surface area (Å²) in [5, 5.41) is 24.2. The van der Waals surface area contributed by atoms with Gasteiger partial charge in [-0.1, -0.05) is 18.2 Å². The summed E-state index contributed by atoms with van der Waals surface area (Å²) in [6, 6.07) is 4.70. The van der Waals surface area contributed by atoms with E-state index < -0.39 is 11.2 Å². The van der Waals surface area contributed by atoms with Crippen molar-refractivity contribution < 1.29 is 24.9 Å². The Kier molecular flexibility index (Phi) is 3.85. The third-order valence-corrected chi connectivity index (χ3v) is 6.35. The summed E-state index contributed by atoms with van der Waals surface area (Å²) in [4.78, 5) is 10.8. The number of aliphatic hydroxyl groups is 1. The van der Waals surface area contributed by atoms with Gasteiger partial charge in [-0.05, 0) is 38.1 Å². The third-order valence-electron chi connectivity index (χ3n) is 6.35. The van der Waals surface area contributed by atoms with Crippen molar-refractivity contribution in [1.82, 2.24) is 4.90 Å². The Morgan fingerprint density at radius 3 is 2.85 bits per heavy atom. The Balaban J connectivity index is 0.000000385. The fourth-order valence-electron chi connectivity index (χ4n) is 5.39. The number of methoxy groups -OCH3 is 1. The first-order chi connectivity index (χ1) is 12.4. The van der Waals surface area contributed by atoms with Gasteiger partial charge in [0.05, 0.1) is 7.11 Å². The van der Waals surface area contributed by atoms with E-state index in [0.29, 0.717) is 12.0 Å². The minimum absolute atomic E-state index is 0.0806. The molecule has 26 heavy (non-hydrogen) atoms. The number of likely N-dealkylation sites (tertiary alicyclic amines) is 1. The van der Waals surface area contributed by atoms with E-state index in [1.54, 1.807) is 7.11 Å². The number of aliphatic hydroxyl groups excluding tert-OH is 1. The molecule has 1 aromatic rings. The molecular formula is C18H22N2O6. The van der Waals surface area contributed by atoms with Crippen LogP contribution in [0.3, 0.4) is 0 Å². The minimum atomic E-state index is -1.50. The first-order valence-corrected chi connectivity index (χ1v) is 8.67. The van der Waals surface area contributed by atoms with Crippen molar-refractivity contribution in [2.75, 3.05) is 20.7 Å². The number of hydrogen-bond acceptors (Lipinski definition) is 6. The number of benzene rings is 1. The quantitative estimate of drug-likeness (QED) is 0.439. The highest BCUT2D eigenvalue weighted by atomic mass is 16.9. The number of piperidine rings is 1. The van der Waals surface area contributed by atoms with Crippen LogP contribution in [0.15, 0.2) is 24.3 Å². The van der Waals surface area contributed by atoms with Crippen molar-refractivity contribution in [2.24, 2.45) is 5.92 Å². The highest BCUT2D eigenvalue weighted by molar-refractivity contribution is 5.62. The lowest BCUT2D eigenvalue weighted by molar-refractivity contribution is -0.742. The Hall–Kier alpha value is -2.32. The van der Waals surface area contributed by atoms with Crippen molar-refractivity contribution in [2.45, 2.75) is 36.5 Å². The zero-order valence-electron chi connectivity index (χ0n) is 14.7. The fourth-order valence-corrected chi connectivity index (χ4v) is 5.39. The molecule has 1 saturated heterocycles. The first-order valence-electron chi connectivity index (χ1n) is 8.67. The second-order valence-electron chi connectivity index (χ2n) is 7.35. The average Bonchev–Trinajstić information content (AvgIpc) is 2.94. The molecule has 1 fully saturated rings. The largest absolute Gasteiger partial charge is 0.493 e. The maximum atomic E-state index is 10.6. The lowest BCUT2D eigenvalue weighted by atomic mass is 9.53. The zero-order valence-corrected chi connectivity index (χ0v) is 14.7. The maximum Gasteiger partial charge on any atom is 0.291 e. The molecule has 2 heterocycles. The number of likely N-dealkylation sites (N-methyl/N-ethyl adjacent to an activating group) is 1. The van der Waals surface area contributed by atoms with Crippen LogP contribution in [0.5, 0.6) is 11.5 Å². The van der Waals surface area contributed by atoms with E-state index in [1.807, 2.05) is 12.1 Å².